The Morgan fingerprint density at radius 3 is 2.37 bits per heavy atom. The van der Waals surface area contributed by atoms with Gasteiger partial charge in [0, 0.05) is 16.1 Å². The number of methoxy groups -OCH3 is 2. The molecule has 0 aliphatic heterocycles. The van der Waals surface area contributed by atoms with Gasteiger partial charge in [0.1, 0.15) is 6.54 Å². The molecular formula is C19H23F2N2O3S+. The minimum absolute atomic E-state index is 0.151. The molecule has 0 aromatic heterocycles. The third-order valence-electron chi connectivity index (χ3n) is 3.78. The van der Waals surface area contributed by atoms with Gasteiger partial charge in [-0.1, -0.05) is 11.8 Å². The molecule has 2 N–H and O–H groups in total. The van der Waals surface area contributed by atoms with E-state index in [4.69, 9.17) is 9.47 Å². The molecule has 1 atom stereocenters. The Kier molecular flexibility index (Phi) is 7.87. The van der Waals surface area contributed by atoms with E-state index in [0.717, 1.165) is 10.5 Å². The van der Waals surface area contributed by atoms with Crippen LogP contribution in [0.4, 0.5) is 14.5 Å². The van der Waals surface area contributed by atoms with Crippen molar-refractivity contribution in [3.63, 3.8) is 0 Å². The van der Waals surface area contributed by atoms with Crippen LogP contribution in [0.3, 0.4) is 0 Å². The maximum atomic E-state index is 12.3. The highest BCUT2D eigenvalue weighted by atomic mass is 32.2. The molecule has 5 nitrogen and oxygen atoms in total. The van der Waals surface area contributed by atoms with Crippen molar-refractivity contribution in [2.24, 2.45) is 0 Å². The number of rotatable bonds is 9. The van der Waals surface area contributed by atoms with E-state index in [-0.39, 0.29) is 12.5 Å². The molecule has 27 heavy (non-hydrogen) atoms. The van der Waals surface area contributed by atoms with Crippen LogP contribution < -0.4 is 19.7 Å². The number of nitrogens with one attached hydrogen (secondary N) is 2. The maximum Gasteiger partial charge on any atom is 0.288 e. The molecule has 8 heteroatoms. The van der Waals surface area contributed by atoms with Crippen LogP contribution in [0.5, 0.6) is 11.5 Å². The molecule has 0 radical (unpaired) electrons. The van der Waals surface area contributed by atoms with Gasteiger partial charge in [-0.2, -0.15) is 8.78 Å². The number of likely N-dealkylation sites (N-methyl/N-ethyl adjacent to an activating group) is 1. The van der Waals surface area contributed by atoms with Crippen LogP contribution in [-0.2, 0) is 11.3 Å². The zero-order valence-electron chi connectivity index (χ0n) is 15.4. The highest BCUT2D eigenvalue weighted by Gasteiger charge is 2.13. The topological polar surface area (TPSA) is 52.0 Å². The summed E-state index contributed by atoms with van der Waals surface area (Å²) in [5.74, 6) is -1.30. The molecule has 0 saturated heterocycles. The van der Waals surface area contributed by atoms with Crippen molar-refractivity contribution in [3.8, 4) is 11.5 Å². The number of benzene rings is 2. The van der Waals surface area contributed by atoms with Gasteiger partial charge in [-0.3, -0.25) is 4.79 Å². The van der Waals surface area contributed by atoms with E-state index in [1.165, 1.54) is 0 Å². The number of halogens is 2. The van der Waals surface area contributed by atoms with Crippen molar-refractivity contribution in [3.05, 3.63) is 48.0 Å². The highest BCUT2D eigenvalue weighted by Crippen LogP contribution is 2.27. The predicted molar refractivity (Wildman–Crippen MR) is 102 cm³/mol. The largest absolute Gasteiger partial charge is 0.493 e. The normalized spacial score (nSPS) is 11.9. The molecular weight excluding hydrogens is 374 g/mol. The van der Waals surface area contributed by atoms with Gasteiger partial charge in [0.25, 0.3) is 11.7 Å². The summed E-state index contributed by atoms with van der Waals surface area (Å²) in [6.45, 7) is 0.902. The van der Waals surface area contributed by atoms with Crippen molar-refractivity contribution in [1.82, 2.24) is 0 Å². The summed E-state index contributed by atoms with van der Waals surface area (Å²) in [7, 11) is 5.08. The van der Waals surface area contributed by atoms with Crippen molar-refractivity contribution >= 4 is 23.4 Å². The number of thioether (sulfide) groups is 1. The van der Waals surface area contributed by atoms with E-state index in [9.17, 15) is 13.6 Å². The summed E-state index contributed by atoms with van der Waals surface area (Å²) in [4.78, 5) is 13.6. The van der Waals surface area contributed by atoms with Gasteiger partial charge in [-0.15, -0.1) is 0 Å². The molecule has 0 heterocycles. The average Bonchev–Trinajstić information content (AvgIpc) is 2.62. The fourth-order valence-corrected chi connectivity index (χ4v) is 3.10. The molecule has 0 fully saturated rings. The summed E-state index contributed by atoms with van der Waals surface area (Å²) in [5.41, 5.74) is 1.60. The Hall–Kier alpha value is -2.32. The van der Waals surface area contributed by atoms with Crippen molar-refractivity contribution in [1.29, 1.82) is 0 Å². The first-order valence-electron chi connectivity index (χ1n) is 8.28. The second-order valence-electron chi connectivity index (χ2n) is 5.95. The lowest BCUT2D eigenvalue weighted by Gasteiger charge is -2.15. The molecule has 0 bridgehead atoms. The average molecular weight is 397 g/mol. The molecule has 0 saturated carbocycles. The summed E-state index contributed by atoms with van der Waals surface area (Å²) >= 11 is 0.474. The van der Waals surface area contributed by atoms with Crippen molar-refractivity contribution < 1.29 is 27.9 Å². The molecule has 0 aliphatic rings. The number of hydrogen-bond acceptors (Lipinski definition) is 4. The number of quaternary nitrogens is 1. The Balaban J connectivity index is 1.88. The summed E-state index contributed by atoms with van der Waals surface area (Å²) in [5, 5.41) is 2.78. The van der Waals surface area contributed by atoms with Gasteiger partial charge >= 0.3 is 0 Å². The molecule has 1 amide bonds. The summed E-state index contributed by atoms with van der Waals surface area (Å²) < 4.78 is 35.1. The fraction of sp³-hybridized carbons (Fsp3) is 0.316. The predicted octanol–water partition coefficient (Wildman–Crippen LogP) is 2.67. The second kappa shape index (κ2) is 10.1. The number of amides is 1. The van der Waals surface area contributed by atoms with Crippen molar-refractivity contribution in [2.45, 2.75) is 17.2 Å². The number of ether oxygens (including phenoxy) is 2. The van der Waals surface area contributed by atoms with E-state index in [1.807, 2.05) is 25.2 Å². The zero-order valence-corrected chi connectivity index (χ0v) is 16.2. The first-order valence-corrected chi connectivity index (χ1v) is 9.16. The van der Waals surface area contributed by atoms with Gasteiger partial charge < -0.3 is 19.7 Å². The van der Waals surface area contributed by atoms with Crippen LogP contribution in [0.1, 0.15) is 5.56 Å². The van der Waals surface area contributed by atoms with Crippen LogP contribution in [0.15, 0.2) is 47.4 Å². The van der Waals surface area contributed by atoms with E-state index in [2.05, 4.69) is 5.32 Å². The third-order valence-corrected chi connectivity index (χ3v) is 4.50. The SMILES string of the molecule is COc1ccc(C[NH+](C)CC(=O)Nc2ccc(SC(F)F)cc2)cc1OC. The molecule has 1 unspecified atom stereocenters. The number of alkyl halides is 2. The second-order valence-corrected chi connectivity index (χ2v) is 7.01. The number of anilines is 1. The summed E-state index contributed by atoms with van der Waals surface area (Å²) in [6.07, 6.45) is 0. The Bertz CT molecular complexity index is 757. The third kappa shape index (κ3) is 6.73. The Labute approximate surface area is 161 Å². The Morgan fingerprint density at radius 2 is 1.78 bits per heavy atom. The fourth-order valence-electron chi connectivity index (χ4n) is 2.60. The molecule has 0 spiro atoms. The quantitative estimate of drug-likeness (QED) is 0.639. The van der Waals surface area contributed by atoms with E-state index < -0.39 is 5.76 Å². The zero-order chi connectivity index (χ0) is 19.8. The van der Waals surface area contributed by atoms with Crippen LogP contribution in [0, 0.1) is 0 Å². The smallest absolute Gasteiger partial charge is 0.288 e. The lowest BCUT2D eigenvalue weighted by atomic mass is 10.2. The monoisotopic (exact) mass is 397 g/mol. The van der Waals surface area contributed by atoms with Gasteiger partial charge in [-0.05, 0) is 42.5 Å². The molecule has 146 valence electrons. The Morgan fingerprint density at radius 1 is 1.11 bits per heavy atom. The minimum atomic E-state index is -2.46. The van der Waals surface area contributed by atoms with E-state index in [1.54, 1.807) is 38.5 Å². The molecule has 0 aliphatic carbocycles. The molecule has 2 aromatic rings. The van der Waals surface area contributed by atoms with E-state index in [0.29, 0.717) is 40.4 Å². The van der Waals surface area contributed by atoms with Crippen LogP contribution in [0.2, 0.25) is 0 Å². The van der Waals surface area contributed by atoms with E-state index >= 15 is 0 Å². The number of carbonyl (C=O) groups is 1. The summed E-state index contributed by atoms with van der Waals surface area (Å²) in [6, 6.07) is 12.0. The van der Waals surface area contributed by atoms with Crippen LogP contribution >= 0.6 is 11.8 Å². The van der Waals surface area contributed by atoms with Gasteiger partial charge in [0.05, 0.1) is 21.3 Å². The number of hydrogen-bond donors (Lipinski definition) is 2. The standard InChI is InChI=1S/C19H22F2N2O3S/c1-23(11-13-4-9-16(25-2)17(10-13)26-3)12-18(24)22-14-5-7-15(8-6-14)27-19(20)21/h4-10,19H,11-12H2,1-3H3,(H,22,24)/p+1. The maximum absolute atomic E-state index is 12.3. The van der Waals surface area contributed by atoms with Crippen molar-refractivity contribution in [2.75, 3.05) is 33.1 Å². The molecule has 2 rings (SSSR count). The van der Waals surface area contributed by atoms with Gasteiger partial charge in [0.15, 0.2) is 18.0 Å². The van der Waals surface area contributed by atoms with Gasteiger partial charge in [0.2, 0.25) is 0 Å². The number of carbonyl (C=O) groups excluding carboxylic acids is 1. The first-order chi connectivity index (χ1) is 12.9. The first kappa shape index (κ1) is 21.0. The lowest BCUT2D eigenvalue weighted by Crippen LogP contribution is -3.08. The van der Waals surface area contributed by atoms with Crippen LogP contribution in [-0.4, -0.2) is 39.5 Å². The minimum Gasteiger partial charge on any atom is -0.493 e. The highest BCUT2D eigenvalue weighted by molar-refractivity contribution is 7.99. The van der Waals surface area contributed by atoms with Gasteiger partial charge in [-0.25, -0.2) is 0 Å². The van der Waals surface area contributed by atoms with Crippen LogP contribution in [0.25, 0.3) is 0 Å². The molecule has 2 aromatic carbocycles. The lowest BCUT2D eigenvalue weighted by molar-refractivity contribution is -0.885.